The van der Waals surface area contributed by atoms with Gasteiger partial charge in [-0.05, 0) is 26.7 Å². The Morgan fingerprint density at radius 2 is 2.11 bits per heavy atom. The highest BCUT2D eigenvalue weighted by atomic mass is 32.2. The van der Waals surface area contributed by atoms with E-state index in [1.165, 1.54) is 11.8 Å². The number of hydrogen-bond donors (Lipinski definition) is 1. The number of aliphatic imine (C=N–C) groups is 1. The Bertz CT molecular complexity index is 376. The summed E-state index contributed by atoms with van der Waals surface area (Å²) in [5.74, 6) is -0.202. The van der Waals surface area contributed by atoms with Crippen molar-refractivity contribution in [2.75, 3.05) is 13.1 Å². The van der Waals surface area contributed by atoms with Crippen molar-refractivity contribution >= 4 is 28.7 Å². The van der Waals surface area contributed by atoms with Gasteiger partial charge < -0.3 is 10.2 Å². The van der Waals surface area contributed by atoms with E-state index in [9.17, 15) is 9.59 Å². The lowest BCUT2D eigenvalue weighted by atomic mass is 10.3. The highest BCUT2D eigenvalue weighted by molar-refractivity contribution is 8.15. The second-order valence-electron chi connectivity index (χ2n) is 4.56. The third-order valence-corrected chi connectivity index (χ3v) is 4.29. The van der Waals surface area contributed by atoms with Crippen molar-refractivity contribution in [3.05, 3.63) is 0 Å². The van der Waals surface area contributed by atoms with Crippen LogP contribution in [0.15, 0.2) is 4.99 Å². The summed E-state index contributed by atoms with van der Waals surface area (Å²) in [6.07, 6.45) is 2.38. The molecule has 0 radical (unpaired) electrons. The smallest absolute Gasteiger partial charge is 0.262 e. The van der Waals surface area contributed by atoms with Crippen molar-refractivity contribution in [2.45, 2.75) is 44.4 Å². The van der Waals surface area contributed by atoms with Crippen LogP contribution < -0.4 is 5.32 Å². The molecular formula is C12H19N3O2S. The molecule has 1 heterocycles. The number of carbonyl (C=O) groups is 2. The maximum Gasteiger partial charge on any atom is 0.262 e. The molecular weight excluding hydrogens is 250 g/mol. The minimum atomic E-state index is -0.334. The predicted molar refractivity (Wildman–Crippen MR) is 72.5 cm³/mol. The Kier molecular flexibility index (Phi) is 4.27. The molecule has 0 aromatic carbocycles. The molecule has 0 bridgehead atoms. The lowest BCUT2D eigenvalue weighted by molar-refractivity contribution is -0.124. The fourth-order valence-electron chi connectivity index (χ4n) is 1.82. The molecule has 1 aliphatic heterocycles. The average Bonchev–Trinajstić information content (AvgIpc) is 3.06. The molecule has 1 atom stereocenters. The van der Waals surface area contributed by atoms with E-state index >= 15 is 0 Å². The van der Waals surface area contributed by atoms with E-state index in [0.29, 0.717) is 6.04 Å². The molecule has 1 unspecified atom stereocenters. The fraction of sp³-hybridized carbons (Fsp3) is 0.750. The van der Waals surface area contributed by atoms with Crippen LogP contribution in [0.1, 0.15) is 33.1 Å². The quantitative estimate of drug-likeness (QED) is 0.808. The molecule has 18 heavy (non-hydrogen) atoms. The van der Waals surface area contributed by atoms with Crippen LogP contribution >= 0.6 is 11.8 Å². The molecule has 1 saturated carbocycles. The van der Waals surface area contributed by atoms with Crippen LogP contribution in [0.25, 0.3) is 0 Å². The van der Waals surface area contributed by atoms with Gasteiger partial charge in [-0.3, -0.25) is 9.59 Å². The first kappa shape index (κ1) is 13.4. The summed E-state index contributed by atoms with van der Waals surface area (Å²) in [5, 5.41) is 3.33. The van der Waals surface area contributed by atoms with Gasteiger partial charge in [0.25, 0.3) is 5.91 Å². The number of carbonyl (C=O) groups excluding carboxylic acids is 2. The van der Waals surface area contributed by atoms with Crippen molar-refractivity contribution in [1.82, 2.24) is 10.2 Å². The molecule has 0 spiro atoms. The van der Waals surface area contributed by atoms with E-state index in [1.807, 2.05) is 18.7 Å². The summed E-state index contributed by atoms with van der Waals surface area (Å²) < 4.78 is 0. The van der Waals surface area contributed by atoms with Crippen LogP contribution in [-0.2, 0) is 9.59 Å². The van der Waals surface area contributed by atoms with Crippen LogP contribution in [0, 0.1) is 0 Å². The Labute approximate surface area is 111 Å². The molecule has 1 aliphatic carbocycles. The van der Waals surface area contributed by atoms with Gasteiger partial charge in [-0.2, -0.15) is 4.99 Å². The third kappa shape index (κ3) is 3.25. The van der Waals surface area contributed by atoms with E-state index in [-0.39, 0.29) is 23.5 Å². The van der Waals surface area contributed by atoms with Crippen LogP contribution in [0.2, 0.25) is 0 Å². The summed E-state index contributed by atoms with van der Waals surface area (Å²) in [4.78, 5) is 29.5. The van der Waals surface area contributed by atoms with Crippen molar-refractivity contribution in [3.8, 4) is 0 Å². The van der Waals surface area contributed by atoms with Crippen molar-refractivity contribution < 1.29 is 9.59 Å². The summed E-state index contributed by atoms with van der Waals surface area (Å²) >= 11 is 1.42. The van der Waals surface area contributed by atoms with Gasteiger partial charge in [-0.25, -0.2) is 0 Å². The van der Waals surface area contributed by atoms with E-state index in [2.05, 4.69) is 10.3 Å². The Morgan fingerprint density at radius 1 is 1.44 bits per heavy atom. The van der Waals surface area contributed by atoms with E-state index in [0.717, 1.165) is 31.1 Å². The number of rotatable bonds is 5. The number of amidine groups is 1. The molecule has 2 rings (SSSR count). The van der Waals surface area contributed by atoms with Crippen LogP contribution in [-0.4, -0.2) is 46.3 Å². The number of nitrogens with zero attached hydrogens (tertiary/aromatic N) is 2. The number of thioether (sulfide) groups is 1. The maximum absolute atomic E-state index is 11.7. The first-order valence-electron chi connectivity index (χ1n) is 6.47. The highest BCUT2D eigenvalue weighted by Crippen LogP contribution is 2.27. The summed E-state index contributed by atoms with van der Waals surface area (Å²) in [6.45, 7) is 5.72. The first-order chi connectivity index (χ1) is 8.63. The van der Waals surface area contributed by atoms with E-state index in [1.54, 1.807) is 0 Å². The normalized spacial score (nSPS) is 22.9. The zero-order chi connectivity index (χ0) is 13.1. The lowest BCUT2D eigenvalue weighted by Gasteiger charge is -2.19. The van der Waals surface area contributed by atoms with Gasteiger partial charge in [0.15, 0.2) is 5.17 Å². The second-order valence-corrected chi connectivity index (χ2v) is 5.73. The molecule has 100 valence electrons. The summed E-state index contributed by atoms with van der Waals surface area (Å²) in [5.41, 5.74) is 0. The van der Waals surface area contributed by atoms with Crippen molar-refractivity contribution in [2.24, 2.45) is 4.99 Å². The Hall–Kier alpha value is -1.04. The van der Waals surface area contributed by atoms with E-state index < -0.39 is 0 Å². The van der Waals surface area contributed by atoms with Crippen LogP contribution in [0.4, 0.5) is 0 Å². The van der Waals surface area contributed by atoms with Crippen LogP contribution in [0.5, 0.6) is 0 Å². The van der Waals surface area contributed by atoms with E-state index in [4.69, 9.17) is 0 Å². The molecule has 5 nitrogen and oxygen atoms in total. The molecule has 1 N–H and O–H groups in total. The molecule has 0 saturated heterocycles. The van der Waals surface area contributed by atoms with Crippen LogP contribution in [0.3, 0.4) is 0 Å². The summed E-state index contributed by atoms with van der Waals surface area (Å²) in [7, 11) is 0. The molecule has 2 aliphatic rings. The monoisotopic (exact) mass is 269 g/mol. The topological polar surface area (TPSA) is 61.8 Å². The number of amides is 2. The van der Waals surface area contributed by atoms with Gasteiger partial charge in [0, 0.05) is 25.6 Å². The molecule has 2 amide bonds. The zero-order valence-electron chi connectivity index (χ0n) is 10.8. The molecule has 6 heteroatoms. The number of hydrogen-bond acceptors (Lipinski definition) is 4. The maximum atomic E-state index is 11.7. The minimum Gasteiger partial charge on any atom is -0.353 e. The third-order valence-electron chi connectivity index (χ3n) is 3.08. The van der Waals surface area contributed by atoms with Crippen molar-refractivity contribution in [3.63, 3.8) is 0 Å². The van der Waals surface area contributed by atoms with Gasteiger partial charge in [-0.15, -0.1) is 0 Å². The van der Waals surface area contributed by atoms with Gasteiger partial charge in [-0.1, -0.05) is 11.8 Å². The Morgan fingerprint density at radius 3 is 2.67 bits per heavy atom. The first-order valence-corrected chi connectivity index (χ1v) is 7.35. The number of nitrogens with one attached hydrogen (secondary N) is 1. The standard InChI is InChI=1S/C12H19N3O2S/c1-3-15(4-2)12-14-11(17)9(18-12)7-10(16)13-8-5-6-8/h8-9H,3-7H2,1-2H3,(H,13,16). The fourth-order valence-corrected chi connectivity index (χ4v) is 3.01. The minimum absolute atomic E-state index is 0.0284. The average molecular weight is 269 g/mol. The lowest BCUT2D eigenvalue weighted by Crippen LogP contribution is -2.30. The van der Waals surface area contributed by atoms with Gasteiger partial charge in [0.1, 0.15) is 5.25 Å². The van der Waals surface area contributed by atoms with Crippen molar-refractivity contribution in [1.29, 1.82) is 0 Å². The Balaban J connectivity index is 1.85. The molecule has 0 aromatic heterocycles. The SMILES string of the molecule is CCN(CC)C1=NC(=O)C(CC(=O)NC2CC2)S1. The molecule has 0 aromatic rings. The molecule has 1 fully saturated rings. The van der Waals surface area contributed by atoms with Gasteiger partial charge in [0.05, 0.1) is 0 Å². The largest absolute Gasteiger partial charge is 0.353 e. The van der Waals surface area contributed by atoms with Gasteiger partial charge >= 0.3 is 0 Å². The summed E-state index contributed by atoms with van der Waals surface area (Å²) in [6, 6.07) is 0.349. The second kappa shape index (κ2) is 5.73. The predicted octanol–water partition coefficient (Wildman–Crippen LogP) is 0.995. The van der Waals surface area contributed by atoms with Gasteiger partial charge in [0.2, 0.25) is 5.91 Å². The zero-order valence-corrected chi connectivity index (χ0v) is 11.6. The highest BCUT2D eigenvalue weighted by Gasteiger charge is 2.33.